The van der Waals surface area contributed by atoms with Gasteiger partial charge in [0, 0.05) is 18.8 Å². The van der Waals surface area contributed by atoms with E-state index in [1.54, 1.807) is 0 Å². The van der Waals surface area contributed by atoms with Crippen LogP contribution in [0.2, 0.25) is 0 Å². The summed E-state index contributed by atoms with van der Waals surface area (Å²) in [5.41, 5.74) is 7.00. The first-order chi connectivity index (χ1) is 12.0. The van der Waals surface area contributed by atoms with Gasteiger partial charge in [0.05, 0.1) is 10.6 Å². The Morgan fingerprint density at radius 2 is 1.46 bits per heavy atom. The van der Waals surface area contributed by atoms with Crippen LogP contribution in [0.3, 0.4) is 0 Å². The zero-order valence-electron chi connectivity index (χ0n) is 17.2. The smallest absolute Gasteiger partial charge is 0.241 e. The summed E-state index contributed by atoms with van der Waals surface area (Å²) in [5, 5.41) is 4.45. The van der Waals surface area contributed by atoms with E-state index in [0.717, 1.165) is 39.2 Å². The van der Waals surface area contributed by atoms with Crippen molar-refractivity contribution in [3.05, 3.63) is 45.3 Å². The number of nitrogens with one attached hydrogen (secondary N) is 1. The number of benzene rings is 1. The van der Waals surface area contributed by atoms with Crippen molar-refractivity contribution < 1.29 is 8.42 Å². The van der Waals surface area contributed by atoms with E-state index in [2.05, 4.69) is 9.82 Å². The third kappa shape index (κ3) is 4.01. The monoisotopic (exact) mass is 377 g/mol. The molecule has 1 aromatic heterocycles. The zero-order chi connectivity index (χ0) is 19.8. The molecule has 1 heterocycles. The molecule has 0 radical (unpaired) electrons. The number of nitrogens with zero attached hydrogens (tertiary/aromatic N) is 2. The summed E-state index contributed by atoms with van der Waals surface area (Å²) in [4.78, 5) is 0.427. The lowest BCUT2D eigenvalue weighted by Gasteiger charge is -2.20. The van der Waals surface area contributed by atoms with E-state index in [4.69, 9.17) is 0 Å². The maximum absolute atomic E-state index is 13.0. The lowest BCUT2D eigenvalue weighted by molar-refractivity contribution is 0.436. The highest BCUT2D eigenvalue weighted by atomic mass is 32.2. The average molecular weight is 378 g/mol. The normalized spacial score (nSPS) is 13.2. The molecule has 0 amide bonds. The van der Waals surface area contributed by atoms with Gasteiger partial charge in [-0.3, -0.25) is 4.68 Å². The highest BCUT2D eigenvalue weighted by Gasteiger charge is 2.24. The molecule has 1 atom stereocenters. The second-order valence-corrected chi connectivity index (χ2v) is 9.22. The summed E-state index contributed by atoms with van der Waals surface area (Å²) < 4.78 is 30.7. The molecule has 6 heteroatoms. The Hall–Kier alpha value is -1.66. The van der Waals surface area contributed by atoms with Gasteiger partial charge in [-0.2, -0.15) is 5.10 Å². The molecular formula is C20H31N3O2S. The van der Waals surface area contributed by atoms with E-state index in [9.17, 15) is 8.42 Å². The lowest BCUT2D eigenvalue weighted by atomic mass is 9.95. The van der Waals surface area contributed by atoms with Crippen molar-refractivity contribution in [2.24, 2.45) is 5.92 Å². The predicted molar refractivity (Wildman–Crippen MR) is 106 cm³/mol. The lowest BCUT2D eigenvalue weighted by Crippen LogP contribution is -2.31. The first-order valence-corrected chi connectivity index (χ1v) is 10.5. The van der Waals surface area contributed by atoms with Crippen LogP contribution in [-0.2, 0) is 16.6 Å². The second-order valence-electron chi connectivity index (χ2n) is 7.52. The fourth-order valence-electron chi connectivity index (χ4n) is 3.41. The van der Waals surface area contributed by atoms with Crippen molar-refractivity contribution in [3.63, 3.8) is 0 Å². The molecule has 26 heavy (non-hydrogen) atoms. The SMILES string of the molecule is Cc1cc(C)n(CC(C)CNS(=O)(=O)c2c(C)c(C)c(C)c(C)c2C)n1. The molecule has 0 aliphatic carbocycles. The molecule has 0 aliphatic rings. The molecule has 0 saturated heterocycles. The van der Waals surface area contributed by atoms with Gasteiger partial charge in [0.15, 0.2) is 0 Å². The molecule has 1 unspecified atom stereocenters. The van der Waals surface area contributed by atoms with Crippen LogP contribution in [0.25, 0.3) is 0 Å². The third-order valence-electron chi connectivity index (χ3n) is 5.41. The van der Waals surface area contributed by atoms with Gasteiger partial charge in [-0.15, -0.1) is 0 Å². The van der Waals surface area contributed by atoms with Gasteiger partial charge >= 0.3 is 0 Å². The predicted octanol–water partition coefficient (Wildman–Crippen LogP) is 3.66. The molecule has 1 aromatic carbocycles. The van der Waals surface area contributed by atoms with Crippen LogP contribution in [0.4, 0.5) is 0 Å². The van der Waals surface area contributed by atoms with Crippen LogP contribution in [0.5, 0.6) is 0 Å². The van der Waals surface area contributed by atoms with Gasteiger partial charge in [0.1, 0.15) is 0 Å². The molecule has 5 nitrogen and oxygen atoms in total. The Morgan fingerprint density at radius 1 is 0.962 bits per heavy atom. The minimum Gasteiger partial charge on any atom is -0.269 e. The van der Waals surface area contributed by atoms with Crippen molar-refractivity contribution in [3.8, 4) is 0 Å². The largest absolute Gasteiger partial charge is 0.269 e. The standard InChI is InChI=1S/C20H31N3O2S/c1-12(11-23-14(3)9-13(2)22-23)10-21-26(24,25)20-18(7)16(5)15(4)17(6)19(20)8/h9,12,21H,10-11H2,1-8H3. The molecule has 0 fully saturated rings. The third-order valence-corrected chi connectivity index (χ3v) is 7.11. The summed E-state index contributed by atoms with van der Waals surface area (Å²) in [7, 11) is -3.56. The quantitative estimate of drug-likeness (QED) is 0.835. The van der Waals surface area contributed by atoms with E-state index in [1.165, 1.54) is 0 Å². The van der Waals surface area contributed by atoms with E-state index in [0.29, 0.717) is 18.0 Å². The highest BCUT2D eigenvalue weighted by molar-refractivity contribution is 7.89. The maximum atomic E-state index is 13.0. The van der Waals surface area contributed by atoms with Crippen LogP contribution < -0.4 is 4.72 Å². The van der Waals surface area contributed by atoms with Crippen molar-refractivity contribution in [2.45, 2.75) is 66.8 Å². The van der Waals surface area contributed by atoms with Gasteiger partial charge in [-0.1, -0.05) is 6.92 Å². The summed E-state index contributed by atoms with van der Waals surface area (Å²) in [6.07, 6.45) is 0. The zero-order valence-corrected chi connectivity index (χ0v) is 18.0. The summed E-state index contributed by atoms with van der Waals surface area (Å²) in [6, 6.07) is 2.03. The molecule has 1 N–H and O–H groups in total. The Labute approximate surface area is 157 Å². The molecule has 2 aromatic rings. The number of hydrogen-bond donors (Lipinski definition) is 1. The van der Waals surface area contributed by atoms with Gasteiger partial charge in [-0.05, 0) is 88.3 Å². The summed E-state index contributed by atoms with van der Waals surface area (Å²) in [5.74, 6) is 0.135. The van der Waals surface area contributed by atoms with Crippen LogP contribution in [0.15, 0.2) is 11.0 Å². The Kier molecular flexibility index (Phi) is 5.98. The number of sulfonamides is 1. The Morgan fingerprint density at radius 3 is 1.92 bits per heavy atom. The summed E-state index contributed by atoms with van der Waals surface area (Å²) in [6.45, 7) is 16.9. The molecule has 0 aliphatic heterocycles. The number of aromatic nitrogens is 2. The molecule has 0 saturated carbocycles. The highest BCUT2D eigenvalue weighted by Crippen LogP contribution is 2.29. The average Bonchev–Trinajstić information content (AvgIpc) is 2.86. The second kappa shape index (κ2) is 7.53. The van der Waals surface area contributed by atoms with Crippen LogP contribution >= 0.6 is 0 Å². The van der Waals surface area contributed by atoms with Gasteiger partial charge in [0.25, 0.3) is 0 Å². The molecule has 2 rings (SSSR count). The van der Waals surface area contributed by atoms with Crippen molar-refractivity contribution in [2.75, 3.05) is 6.54 Å². The summed E-state index contributed by atoms with van der Waals surface area (Å²) >= 11 is 0. The first kappa shape index (κ1) is 20.6. The fourth-order valence-corrected chi connectivity index (χ4v) is 5.17. The molecule has 0 spiro atoms. The number of hydrogen-bond acceptors (Lipinski definition) is 3. The fraction of sp³-hybridized carbons (Fsp3) is 0.550. The molecular weight excluding hydrogens is 346 g/mol. The van der Waals surface area contributed by atoms with Crippen molar-refractivity contribution >= 4 is 10.0 Å². The number of rotatable bonds is 6. The van der Waals surface area contributed by atoms with Gasteiger partial charge in [-0.25, -0.2) is 13.1 Å². The van der Waals surface area contributed by atoms with Gasteiger partial charge < -0.3 is 0 Å². The van der Waals surface area contributed by atoms with Crippen molar-refractivity contribution in [1.29, 1.82) is 0 Å². The topological polar surface area (TPSA) is 64.0 Å². The van der Waals surface area contributed by atoms with E-state index >= 15 is 0 Å². The van der Waals surface area contributed by atoms with Crippen LogP contribution in [-0.4, -0.2) is 24.7 Å². The first-order valence-electron chi connectivity index (χ1n) is 9.03. The Balaban J connectivity index is 2.21. The van der Waals surface area contributed by atoms with Crippen LogP contribution in [0.1, 0.15) is 46.1 Å². The molecule has 144 valence electrons. The minimum atomic E-state index is -3.56. The van der Waals surface area contributed by atoms with E-state index in [1.807, 2.05) is 66.1 Å². The molecule has 0 bridgehead atoms. The van der Waals surface area contributed by atoms with Gasteiger partial charge in [0.2, 0.25) is 10.0 Å². The maximum Gasteiger partial charge on any atom is 0.241 e. The minimum absolute atomic E-state index is 0.135. The van der Waals surface area contributed by atoms with E-state index in [-0.39, 0.29) is 5.92 Å². The van der Waals surface area contributed by atoms with E-state index < -0.39 is 10.0 Å². The number of aryl methyl sites for hydroxylation is 2. The van der Waals surface area contributed by atoms with Crippen molar-refractivity contribution in [1.82, 2.24) is 14.5 Å². The Bertz CT molecular complexity index is 898. The van der Waals surface area contributed by atoms with Crippen LogP contribution in [0, 0.1) is 54.4 Å².